The summed E-state index contributed by atoms with van der Waals surface area (Å²) in [6.07, 6.45) is 9.51. The van der Waals surface area contributed by atoms with E-state index in [0.717, 1.165) is 65.9 Å². The van der Waals surface area contributed by atoms with E-state index in [0.29, 0.717) is 17.7 Å². The molecule has 5 rings (SSSR count). The van der Waals surface area contributed by atoms with Gasteiger partial charge < -0.3 is 19.1 Å². The molecule has 2 aromatic carbocycles. The Morgan fingerprint density at radius 3 is 2.77 bits per heavy atom. The lowest BCUT2D eigenvalue weighted by molar-refractivity contribution is -0.138. The van der Waals surface area contributed by atoms with Gasteiger partial charge in [0.2, 0.25) is 0 Å². The van der Waals surface area contributed by atoms with Gasteiger partial charge in [-0.3, -0.25) is 8.51 Å². The minimum atomic E-state index is -2.73. The third-order valence-corrected chi connectivity index (χ3v) is 7.81. The van der Waals surface area contributed by atoms with Gasteiger partial charge in [-0.15, -0.1) is 0 Å². The number of nitrogens with one attached hydrogen (secondary N) is 1. The maximum Gasteiger partial charge on any atom is 0.327 e. The number of carboxylic acids is 1. The van der Waals surface area contributed by atoms with Gasteiger partial charge in [0.25, 0.3) is 0 Å². The molecule has 184 valence electrons. The maximum absolute atomic E-state index is 12.2. The van der Waals surface area contributed by atoms with Crippen molar-refractivity contribution in [1.82, 2.24) is 4.98 Å². The number of aryl methyl sites for hydroxylation is 3. The Kier molecular flexibility index (Phi) is 6.92. The topological polar surface area (TPSA) is 110 Å². The van der Waals surface area contributed by atoms with Crippen LogP contribution >= 0.6 is 0 Å². The third-order valence-electron chi connectivity index (χ3n) is 7.02. The molecule has 0 radical (unpaired) electrons. The Balaban J connectivity index is 1.26. The van der Waals surface area contributed by atoms with Crippen molar-refractivity contribution in [2.75, 3.05) is 4.31 Å². The van der Waals surface area contributed by atoms with Crippen LogP contribution in [0.5, 0.6) is 0 Å². The van der Waals surface area contributed by atoms with Gasteiger partial charge in [0.1, 0.15) is 17.4 Å². The molecule has 0 spiro atoms. The second-order valence-electron chi connectivity index (χ2n) is 9.25. The summed E-state index contributed by atoms with van der Waals surface area (Å²) in [6.45, 7) is 0. The van der Waals surface area contributed by atoms with Gasteiger partial charge in [0.15, 0.2) is 0 Å². The Morgan fingerprint density at radius 2 is 1.94 bits per heavy atom. The molecule has 1 aliphatic rings. The average molecular weight is 494 g/mol. The second kappa shape index (κ2) is 10.3. The fourth-order valence-corrected chi connectivity index (χ4v) is 5.96. The summed E-state index contributed by atoms with van der Waals surface area (Å²) in [5, 5.41) is 12.1. The lowest BCUT2D eigenvalue weighted by atomic mass is 9.96. The number of carboxylic acid groups (broad SMARTS) is 1. The smallest absolute Gasteiger partial charge is 0.327 e. The standard InChI is InChI=1S/C27H30N2O5S/c30-27(31)24(12-3-1-2-8-18-17-28-23-11-6-4-9-20(18)23)29(35(32)33)19-14-15-22-21-10-5-7-13-25(21)34-26(22)16-19/h4,6,9,11,14-17,24,28H,1-3,5,7-8,10,12-13H2,(H,30,31)(H,32,33)/p-1. The summed E-state index contributed by atoms with van der Waals surface area (Å²) in [6, 6.07) is 12.2. The van der Waals surface area contributed by atoms with Crippen molar-refractivity contribution < 1.29 is 23.1 Å². The van der Waals surface area contributed by atoms with E-state index in [9.17, 15) is 18.7 Å². The number of aromatic amines is 1. The highest BCUT2D eigenvalue weighted by molar-refractivity contribution is 7.80. The first-order valence-electron chi connectivity index (χ1n) is 12.2. The van der Waals surface area contributed by atoms with Crippen LogP contribution in [0.4, 0.5) is 5.69 Å². The molecule has 2 atom stereocenters. The van der Waals surface area contributed by atoms with Gasteiger partial charge in [0.05, 0.1) is 5.69 Å². The molecule has 8 heteroatoms. The summed E-state index contributed by atoms with van der Waals surface area (Å²) < 4.78 is 31.3. The monoisotopic (exact) mass is 493 g/mol. The molecule has 1 aliphatic carbocycles. The van der Waals surface area contributed by atoms with Crippen molar-refractivity contribution in [3.63, 3.8) is 0 Å². The molecule has 2 N–H and O–H groups in total. The molecule has 4 aromatic rings. The van der Waals surface area contributed by atoms with E-state index < -0.39 is 23.3 Å². The van der Waals surface area contributed by atoms with Crippen molar-refractivity contribution in [2.45, 2.75) is 63.8 Å². The van der Waals surface area contributed by atoms with Crippen LogP contribution in [-0.4, -0.2) is 30.9 Å². The van der Waals surface area contributed by atoms with Crippen LogP contribution in [0.15, 0.2) is 53.1 Å². The zero-order valence-electron chi connectivity index (χ0n) is 19.5. The number of H-pyrrole nitrogens is 1. The van der Waals surface area contributed by atoms with Gasteiger partial charge in [0, 0.05) is 51.8 Å². The predicted octanol–water partition coefficient (Wildman–Crippen LogP) is 5.65. The molecule has 0 aliphatic heterocycles. The maximum atomic E-state index is 12.2. The first kappa shape index (κ1) is 23.6. The van der Waals surface area contributed by atoms with Crippen LogP contribution in [-0.2, 0) is 35.3 Å². The molecule has 2 heterocycles. The van der Waals surface area contributed by atoms with E-state index in [-0.39, 0.29) is 6.42 Å². The first-order valence-corrected chi connectivity index (χ1v) is 13.3. The number of benzene rings is 2. The molecular weight excluding hydrogens is 464 g/mol. The average Bonchev–Trinajstić information content (AvgIpc) is 3.43. The number of aromatic nitrogens is 1. The zero-order chi connectivity index (χ0) is 24.4. The van der Waals surface area contributed by atoms with Gasteiger partial charge in [-0.05, 0) is 62.3 Å². The van der Waals surface area contributed by atoms with Crippen LogP contribution in [0.1, 0.15) is 55.4 Å². The van der Waals surface area contributed by atoms with Gasteiger partial charge in [-0.25, -0.2) is 4.79 Å². The minimum absolute atomic E-state index is 0.240. The number of unbranched alkanes of at least 4 members (excludes halogenated alkanes) is 2. The Labute approximate surface area is 206 Å². The molecule has 2 aromatic heterocycles. The Hall–Kier alpha value is -3.10. The molecule has 2 unspecified atom stereocenters. The molecule has 0 bridgehead atoms. The fourth-order valence-electron chi connectivity index (χ4n) is 5.27. The van der Waals surface area contributed by atoms with E-state index in [4.69, 9.17) is 4.42 Å². The summed E-state index contributed by atoms with van der Waals surface area (Å²) in [5.74, 6) is -0.187. The number of carbonyl (C=O) groups is 1. The summed E-state index contributed by atoms with van der Waals surface area (Å²) in [4.78, 5) is 15.4. The van der Waals surface area contributed by atoms with Crippen LogP contribution in [0, 0.1) is 0 Å². The number of nitrogens with zero attached hydrogens (tertiary/aromatic N) is 1. The van der Waals surface area contributed by atoms with Gasteiger partial charge in [-0.1, -0.05) is 31.0 Å². The quantitative estimate of drug-likeness (QED) is 0.219. The molecule has 35 heavy (non-hydrogen) atoms. The summed E-state index contributed by atoms with van der Waals surface area (Å²) >= 11 is -2.73. The number of para-hydroxylation sites is 1. The number of fused-ring (bicyclic) bond motifs is 4. The van der Waals surface area contributed by atoms with Crippen LogP contribution in [0.25, 0.3) is 21.9 Å². The molecule has 0 saturated carbocycles. The minimum Gasteiger partial charge on any atom is -0.755 e. The van der Waals surface area contributed by atoms with E-state index in [1.807, 2.05) is 30.5 Å². The Bertz CT molecular complexity index is 1370. The number of aliphatic carboxylic acids is 1. The Morgan fingerprint density at radius 1 is 1.11 bits per heavy atom. The third kappa shape index (κ3) is 4.86. The molecular formula is C27H29N2O5S-. The highest BCUT2D eigenvalue weighted by Gasteiger charge is 2.28. The summed E-state index contributed by atoms with van der Waals surface area (Å²) in [7, 11) is 0. The van der Waals surface area contributed by atoms with Crippen molar-refractivity contribution in [1.29, 1.82) is 0 Å². The van der Waals surface area contributed by atoms with E-state index >= 15 is 0 Å². The lowest BCUT2D eigenvalue weighted by Gasteiger charge is -2.32. The van der Waals surface area contributed by atoms with Crippen molar-refractivity contribution in [3.8, 4) is 0 Å². The number of rotatable bonds is 10. The lowest BCUT2D eigenvalue weighted by Crippen LogP contribution is -2.42. The highest BCUT2D eigenvalue weighted by atomic mass is 32.2. The van der Waals surface area contributed by atoms with Gasteiger partial charge >= 0.3 is 5.97 Å². The van der Waals surface area contributed by atoms with Crippen LogP contribution in [0.2, 0.25) is 0 Å². The molecule has 7 nitrogen and oxygen atoms in total. The molecule has 0 saturated heterocycles. The largest absolute Gasteiger partial charge is 0.755 e. The van der Waals surface area contributed by atoms with E-state index in [1.54, 1.807) is 12.1 Å². The van der Waals surface area contributed by atoms with Crippen molar-refractivity contribution in [2.24, 2.45) is 0 Å². The number of hydrogen-bond acceptors (Lipinski definition) is 4. The van der Waals surface area contributed by atoms with Crippen LogP contribution < -0.4 is 4.31 Å². The van der Waals surface area contributed by atoms with E-state index in [1.165, 1.54) is 16.5 Å². The van der Waals surface area contributed by atoms with Gasteiger partial charge in [-0.2, -0.15) is 0 Å². The first-order chi connectivity index (χ1) is 17.0. The summed E-state index contributed by atoms with van der Waals surface area (Å²) in [5.41, 5.74) is 4.48. The predicted molar refractivity (Wildman–Crippen MR) is 136 cm³/mol. The zero-order valence-corrected chi connectivity index (χ0v) is 20.3. The molecule has 0 fully saturated rings. The fraction of sp³-hybridized carbons (Fsp3) is 0.370. The van der Waals surface area contributed by atoms with Crippen molar-refractivity contribution in [3.05, 3.63) is 65.5 Å². The molecule has 0 amide bonds. The van der Waals surface area contributed by atoms with Crippen molar-refractivity contribution >= 4 is 44.8 Å². The van der Waals surface area contributed by atoms with E-state index in [2.05, 4.69) is 11.1 Å². The normalized spacial score (nSPS) is 15.2. The highest BCUT2D eigenvalue weighted by Crippen LogP contribution is 2.35. The van der Waals surface area contributed by atoms with Crippen LogP contribution in [0.3, 0.4) is 0 Å². The number of furan rings is 1. The number of anilines is 1. The second-order valence-corrected chi connectivity index (χ2v) is 10.1. The number of hydrogen-bond donors (Lipinski definition) is 2. The SMILES string of the molecule is O=C(O)C(CCCCCc1c[nH]c2ccccc12)N(c1ccc2c3c(oc2c1)CCCC3)S(=O)[O-].